The number of hydrogen-bond acceptors (Lipinski definition) is 2. The highest BCUT2D eigenvalue weighted by Gasteiger charge is 2.05. The zero-order valence-electron chi connectivity index (χ0n) is 8.70. The van der Waals surface area contributed by atoms with Crippen LogP contribution >= 0.6 is 11.6 Å². The van der Waals surface area contributed by atoms with Gasteiger partial charge in [0.05, 0.1) is 6.54 Å². The second kappa shape index (κ2) is 6.08. The lowest BCUT2D eigenvalue weighted by Crippen LogP contribution is -2.28. The number of halogens is 1. The molecule has 0 saturated carbocycles. The van der Waals surface area contributed by atoms with Crippen LogP contribution in [-0.4, -0.2) is 18.2 Å². The van der Waals surface area contributed by atoms with E-state index in [-0.39, 0.29) is 18.2 Å². The average Bonchev–Trinajstić information content (AvgIpc) is 2.35. The Hall–Kier alpha value is -1.61. The van der Waals surface area contributed by atoms with Gasteiger partial charge in [-0.15, -0.1) is 11.6 Å². The quantitative estimate of drug-likeness (QED) is 0.628. The lowest BCUT2D eigenvalue weighted by atomic mass is 10.1. The molecular weight excluding hydrogens is 226 g/mol. The predicted octanol–water partition coefficient (Wildman–Crippen LogP) is 1.91. The van der Waals surface area contributed by atoms with E-state index in [0.29, 0.717) is 11.4 Å². The molecule has 1 rings (SSSR count). The van der Waals surface area contributed by atoms with Crippen LogP contribution in [0.25, 0.3) is 0 Å². The molecule has 1 aromatic rings. The fourth-order valence-corrected chi connectivity index (χ4v) is 1.27. The maximum absolute atomic E-state index is 11.5. The van der Waals surface area contributed by atoms with Gasteiger partial charge in [0.15, 0.2) is 5.78 Å². The average molecular weight is 238 g/mol. The number of amides is 1. The van der Waals surface area contributed by atoms with Crippen molar-refractivity contribution < 1.29 is 9.59 Å². The molecule has 84 valence electrons. The Morgan fingerprint density at radius 3 is 2.44 bits per heavy atom. The topological polar surface area (TPSA) is 46.2 Å². The summed E-state index contributed by atoms with van der Waals surface area (Å²) >= 11 is 5.62. The van der Waals surface area contributed by atoms with Crippen molar-refractivity contribution in [1.82, 2.24) is 5.32 Å². The number of carbonyl (C=O) groups is 2. The smallest absolute Gasteiger partial charge is 0.251 e. The lowest BCUT2D eigenvalue weighted by molar-refractivity contribution is -0.113. The van der Waals surface area contributed by atoms with Gasteiger partial charge in [-0.05, 0) is 23.8 Å². The summed E-state index contributed by atoms with van der Waals surface area (Å²) in [4.78, 5) is 22.4. The summed E-state index contributed by atoms with van der Waals surface area (Å²) in [5.41, 5.74) is 1.45. The Labute approximate surface area is 99.1 Å². The predicted molar refractivity (Wildman–Crippen MR) is 63.5 cm³/mol. The van der Waals surface area contributed by atoms with E-state index in [9.17, 15) is 9.59 Å². The summed E-state index contributed by atoms with van der Waals surface area (Å²) in [6.45, 7) is 3.29. The molecule has 0 heterocycles. The lowest BCUT2D eigenvalue weighted by Gasteiger charge is -2.03. The van der Waals surface area contributed by atoms with Crippen LogP contribution in [-0.2, 0) is 10.7 Å². The fourth-order valence-electron chi connectivity index (χ4n) is 1.09. The van der Waals surface area contributed by atoms with Crippen LogP contribution in [0.15, 0.2) is 36.9 Å². The highest BCUT2D eigenvalue weighted by Crippen LogP contribution is 2.06. The van der Waals surface area contributed by atoms with Crippen LogP contribution in [0.2, 0.25) is 0 Å². The van der Waals surface area contributed by atoms with Crippen LogP contribution < -0.4 is 5.32 Å². The van der Waals surface area contributed by atoms with Crippen molar-refractivity contribution in [3.63, 3.8) is 0 Å². The van der Waals surface area contributed by atoms with Gasteiger partial charge in [-0.1, -0.05) is 18.7 Å². The molecular formula is C12H12ClNO2. The normalized spacial score (nSPS) is 9.56. The first-order chi connectivity index (χ1) is 7.67. The largest absolute Gasteiger partial charge is 0.345 e. The zero-order chi connectivity index (χ0) is 12.0. The molecule has 0 aliphatic carbocycles. The zero-order valence-corrected chi connectivity index (χ0v) is 9.46. The molecule has 0 fully saturated rings. The van der Waals surface area contributed by atoms with Gasteiger partial charge in [-0.25, -0.2) is 0 Å². The standard InChI is InChI=1S/C12H12ClNO2/c1-2-11(15)8-14-12(16)10-5-3-9(7-13)4-6-10/h2-6H,1,7-8H2,(H,14,16). The molecule has 1 N–H and O–H groups in total. The van der Waals surface area contributed by atoms with Crippen molar-refractivity contribution >= 4 is 23.3 Å². The Morgan fingerprint density at radius 1 is 1.31 bits per heavy atom. The first-order valence-corrected chi connectivity index (χ1v) is 5.29. The summed E-state index contributed by atoms with van der Waals surface area (Å²) in [6.07, 6.45) is 1.18. The molecule has 3 nitrogen and oxygen atoms in total. The highest BCUT2D eigenvalue weighted by atomic mass is 35.5. The van der Waals surface area contributed by atoms with Gasteiger partial charge in [-0.2, -0.15) is 0 Å². The number of benzene rings is 1. The Kier molecular flexibility index (Phi) is 4.73. The summed E-state index contributed by atoms with van der Waals surface area (Å²) in [5.74, 6) is -0.0846. The third kappa shape index (κ3) is 3.51. The van der Waals surface area contributed by atoms with Gasteiger partial charge in [-0.3, -0.25) is 9.59 Å². The Bertz CT molecular complexity index is 398. The van der Waals surface area contributed by atoms with Gasteiger partial charge < -0.3 is 5.32 Å². The molecule has 16 heavy (non-hydrogen) atoms. The van der Waals surface area contributed by atoms with E-state index in [1.165, 1.54) is 6.08 Å². The molecule has 1 aromatic carbocycles. The maximum atomic E-state index is 11.5. The first-order valence-electron chi connectivity index (χ1n) is 4.75. The third-order valence-electron chi connectivity index (χ3n) is 2.02. The van der Waals surface area contributed by atoms with Crippen molar-refractivity contribution in [1.29, 1.82) is 0 Å². The molecule has 1 amide bonds. The SMILES string of the molecule is C=CC(=O)CNC(=O)c1ccc(CCl)cc1. The van der Waals surface area contributed by atoms with Crippen LogP contribution in [0.1, 0.15) is 15.9 Å². The van der Waals surface area contributed by atoms with Crippen molar-refractivity contribution in [2.75, 3.05) is 6.54 Å². The van der Waals surface area contributed by atoms with Gasteiger partial charge in [0.25, 0.3) is 5.91 Å². The minimum atomic E-state index is -0.281. The van der Waals surface area contributed by atoms with Crippen LogP contribution in [0, 0.1) is 0 Å². The van der Waals surface area contributed by atoms with Crippen molar-refractivity contribution in [2.45, 2.75) is 5.88 Å². The number of nitrogens with one attached hydrogen (secondary N) is 1. The molecule has 0 saturated heterocycles. The fraction of sp³-hybridized carbons (Fsp3) is 0.167. The third-order valence-corrected chi connectivity index (χ3v) is 2.33. The van der Waals surface area contributed by atoms with Crippen LogP contribution in [0.5, 0.6) is 0 Å². The van der Waals surface area contributed by atoms with E-state index in [1.807, 2.05) is 0 Å². The molecule has 0 aliphatic rings. The molecule has 0 bridgehead atoms. The minimum absolute atomic E-state index is 0.0282. The van der Waals surface area contributed by atoms with E-state index >= 15 is 0 Å². The van der Waals surface area contributed by atoms with E-state index < -0.39 is 0 Å². The molecule has 0 unspecified atom stereocenters. The number of hydrogen-bond donors (Lipinski definition) is 1. The number of carbonyl (C=O) groups excluding carboxylic acids is 2. The monoisotopic (exact) mass is 237 g/mol. The summed E-state index contributed by atoms with van der Waals surface area (Å²) in [6, 6.07) is 6.89. The number of ketones is 1. The molecule has 0 aromatic heterocycles. The van der Waals surface area contributed by atoms with Crippen LogP contribution in [0.3, 0.4) is 0 Å². The van der Waals surface area contributed by atoms with Gasteiger partial charge in [0.2, 0.25) is 0 Å². The number of alkyl halides is 1. The Balaban J connectivity index is 2.59. The summed E-state index contributed by atoms with van der Waals surface area (Å²) in [7, 11) is 0. The van der Waals surface area contributed by atoms with E-state index in [2.05, 4.69) is 11.9 Å². The van der Waals surface area contributed by atoms with Crippen molar-refractivity contribution in [2.24, 2.45) is 0 Å². The second-order valence-electron chi connectivity index (χ2n) is 3.18. The number of rotatable bonds is 5. The van der Waals surface area contributed by atoms with E-state index in [0.717, 1.165) is 5.56 Å². The summed E-state index contributed by atoms with van der Waals surface area (Å²) in [5, 5.41) is 2.49. The van der Waals surface area contributed by atoms with Crippen LogP contribution in [0.4, 0.5) is 0 Å². The van der Waals surface area contributed by atoms with Crippen molar-refractivity contribution in [3.05, 3.63) is 48.0 Å². The Morgan fingerprint density at radius 2 is 1.94 bits per heavy atom. The van der Waals surface area contributed by atoms with Gasteiger partial charge in [0.1, 0.15) is 0 Å². The summed E-state index contributed by atoms with van der Waals surface area (Å²) < 4.78 is 0. The maximum Gasteiger partial charge on any atom is 0.251 e. The van der Waals surface area contributed by atoms with E-state index in [4.69, 9.17) is 11.6 Å². The molecule has 4 heteroatoms. The molecule has 0 atom stereocenters. The minimum Gasteiger partial charge on any atom is -0.345 e. The van der Waals surface area contributed by atoms with Crippen molar-refractivity contribution in [3.8, 4) is 0 Å². The van der Waals surface area contributed by atoms with E-state index in [1.54, 1.807) is 24.3 Å². The highest BCUT2D eigenvalue weighted by molar-refractivity contribution is 6.17. The van der Waals surface area contributed by atoms with Gasteiger partial charge in [0, 0.05) is 11.4 Å². The second-order valence-corrected chi connectivity index (χ2v) is 3.45. The molecule has 0 spiro atoms. The molecule has 0 aliphatic heterocycles. The van der Waals surface area contributed by atoms with Gasteiger partial charge >= 0.3 is 0 Å². The molecule has 0 radical (unpaired) electrons. The first kappa shape index (κ1) is 12.5.